The molecule has 2 N–H and O–H groups in total. The summed E-state index contributed by atoms with van der Waals surface area (Å²) in [6, 6.07) is 11.3. The summed E-state index contributed by atoms with van der Waals surface area (Å²) in [6.07, 6.45) is 0.402. The first-order valence-electron chi connectivity index (χ1n) is 8.30. The lowest BCUT2D eigenvalue weighted by atomic mass is 10.1. The molecule has 5 heteroatoms. The predicted molar refractivity (Wildman–Crippen MR) is 100 cm³/mol. The highest BCUT2D eigenvalue weighted by Crippen LogP contribution is 2.24. The topological polar surface area (TPSA) is 67.4 Å². The summed E-state index contributed by atoms with van der Waals surface area (Å²) in [5.41, 5.74) is 4.15. The normalized spacial score (nSPS) is 10.2. The lowest BCUT2D eigenvalue weighted by molar-refractivity contribution is -0.118. The van der Waals surface area contributed by atoms with E-state index in [-0.39, 0.29) is 18.4 Å². The second-order valence-corrected chi connectivity index (χ2v) is 5.94. The van der Waals surface area contributed by atoms with Crippen LogP contribution in [0.15, 0.2) is 36.4 Å². The molecule has 0 bridgehead atoms. The number of para-hydroxylation sites is 1. The van der Waals surface area contributed by atoms with Crippen molar-refractivity contribution in [2.45, 2.75) is 34.1 Å². The molecule has 2 aromatic rings. The number of amides is 2. The maximum absolute atomic E-state index is 12.2. The third-order valence-electron chi connectivity index (χ3n) is 3.96. The zero-order chi connectivity index (χ0) is 18.4. The number of hydrogen-bond donors (Lipinski definition) is 2. The van der Waals surface area contributed by atoms with Crippen LogP contribution in [0, 0.1) is 20.8 Å². The fraction of sp³-hybridized carbons (Fsp3) is 0.300. The number of carbonyl (C=O) groups is 2. The number of hydrogen-bond acceptors (Lipinski definition) is 3. The van der Waals surface area contributed by atoms with Crippen LogP contribution in [-0.4, -0.2) is 18.4 Å². The van der Waals surface area contributed by atoms with E-state index in [0.29, 0.717) is 17.8 Å². The fourth-order valence-electron chi connectivity index (χ4n) is 2.50. The van der Waals surface area contributed by atoms with Gasteiger partial charge in [0.25, 0.3) is 5.91 Å². The second kappa shape index (κ2) is 8.33. The van der Waals surface area contributed by atoms with E-state index < -0.39 is 0 Å². The average molecular weight is 340 g/mol. The largest absolute Gasteiger partial charge is 0.483 e. The molecule has 2 aromatic carbocycles. The summed E-state index contributed by atoms with van der Waals surface area (Å²) in [7, 11) is 0. The molecule has 0 saturated heterocycles. The summed E-state index contributed by atoms with van der Waals surface area (Å²) < 4.78 is 5.67. The molecule has 2 rings (SSSR count). The van der Waals surface area contributed by atoms with Crippen molar-refractivity contribution in [3.05, 3.63) is 53.1 Å². The molecule has 0 aliphatic carbocycles. The SMILES string of the molecule is CCC(=O)Nc1cccc(NC(=O)COc2c(C)cccc2C)c1C. The van der Waals surface area contributed by atoms with Crippen molar-refractivity contribution in [1.29, 1.82) is 0 Å². The van der Waals surface area contributed by atoms with Crippen molar-refractivity contribution in [2.24, 2.45) is 0 Å². The first-order valence-corrected chi connectivity index (χ1v) is 8.30. The highest BCUT2D eigenvalue weighted by atomic mass is 16.5. The van der Waals surface area contributed by atoms with Crippen LogP contribution in [0.2, 0.25) is 0 Å². The molecule has 0 atom stereocenters. The monoisotopic (exact) mass is 340 g/mol. The number of anilines is 2. The predicted octanol–water partition coefficient (Wildman–Crippen LogP) is 3.98. The van der Waals surface area contributed by atoms with Crippen molar-refractivity contribution in [3.8, 4) is 5.75 Å². The first kappa shape index (κ1) is 18.5. The first-order chi connectivity index (χ1) is 11.9. The average Bonchev–Trinajstić information content (AvgIpc) is 2.58. The van der Waals surface area contributed by atoms with Gasteiger partial charge in [0.2, 0.25) is 5.91 Å². The van der Waals surface area contributed by atoms with Crippen LogP contribution in [0.3, 0.4) is 0 Å². The van der Waals surface area contributed by atoms with Crippen molar-refractivity contribution in [2.75, 3.05) is 17.2 Å². The lowest BCUT2D eigenvalue weighted by Gasteiger charge is -2.14. The van der Waals surface area contributed by atoms with Gasteiger partial charge in [-0.05, 0) is 49.6 Å². The van der Waals surface area contributed by atoms with E-state index in [1.807, 2.05) is 45.0 Å². The van der Waals surface area contributed by atoms with Crippen LogP contribution in [0.1, 0.15) is 30.0 Å². The molecule has 25 heavy (non-hydrogen) atoms. The standard InChI is InChI=1S/C20H24N2O3/c1-5-18(23)21-16-10-7-11-17(15(16)4)22-19(24)12-25-20-13(2)8-6-9-14(20)3/h6-11H,5,12H2,1-4H3,(H,21,23)(H,22,24). The van der Waals surface area contributed by atoms with Crippen LogP contribution < -0.4 is 15.4 Å². The zero-order valence-corrected chi connectivity index (χ0v) is 15.1. The van der Waals surface area contributed by atoms with Crippen molar-refractivity contribution in [3.63, 3.8) is 0 Å². The van der Waals surface area contributed by atoms with E-state index in [4.69, 9.17) is 4.74 Å². The van der Waals surface area contributed by atoms with E-state index in [0.717, 1.165) is 22.4 Å². The zero-order valence-electron chi connectivity index (χ0n) is 15.1. The number of nitrogens with one attached hydrogen (secondary N) is 2. The van der Waals surface area contributed by atoms with E-state index >= 15 is 0 Å². The van der Waals surface area contributed by atoms with Crippen LogP contribution in [0.25, 0.3) is 0 Å². The molecule has 0 heterocycles. The van der Waals surface area contributed by atoms with Crippen molar-refractivity contribution >= 4 is 23.2 Å². The van der Waals surface area contributed by atoms with Gasteiger partial charge in [0.1, 0.15) is 5.75 Å². The second-order valence-electron chi connectivity index (χ2n) is 5.94. The van der Waals surface area contributed by atoms with Gasteiger partial charge in [-0.15, -0.1) is 0 Å². The van der Waals surface area contributed by atoms with Crippen molar-refractivity contribution in [1.82, 2.24) is 0 Å². The van der Waals surface area contributed by atoms with Gasteiger partial charge in [0.05, 0.1) is 0 Å². The molecule has 0 aliphatic heterocycles. The molecule has 0 aromatic heterocycles. The molecule has 0 aliphatic rings. The highest BCUT2D eigenvalue weighted by Gasteiger charge is 2.11. The summed E-state index contributed by atoms with van der Waals surface area (Å²) in [5.74, 6) is 0.424. The Labute approximate surface area is 148 Å². The Bertz CT molecular complexity index is 764. The third kappa shape index (κ3) is 4.83. The minimum absolute atomic E-state index is 0.0649. The molecule has 0 radical (unpaired) electrons. The minimum Gasteiger partial charge on any atom is -0.483 e. The molecule has 0 spiro atoms. The number of aryl methyl sites for hydroxylation is 2. The summed E-state index contributed by atoms with van der Waals surface area (Å²) >= 11 is 0. The van der Waals surface area contributed by atoms with Gasteiger partial charge in [-0.3, -0.25) is 9.59 Å². The van der Waals surface area contributed by atoms with Gasteiger partial charge in [0, 0.05) is 17.8 Å². The van der Waals surface area contributed by atoms with Gasteiger partial charge in [-0.1, -0.05) is 31.2 Å². The van der Waals surface area contributed by atoms with E-state index in [9.17, 15) is 9.59 Å². The van der Waals surface area contributed by atoms with Gasteiger partial charge in [-0.25, -0.2) is 0 Å². The van der Waals surface area contributed by atoms with Gasteiger partial charge in [0.15, 0.2) is 6.61 Å². The van der Waals surface area contributed by atoms with E-state index in [2.05, 4.69) is 10.6 Å². The Morgan fingerprint density at radius 3 is 1.96 bits per heavy atom. The maximum Gasteiger partial charge on any atom is 0.262 e. The number of benzene rings is 2. The Balaban J connectivity index is 2.03. The van der Waals surface area contributed by atoms with Crippen molar-refractivity contribution < 1.29 is 14.3 Å². The Kier molecular flexibility index (Phi) is 6.17. The Morgan fingerprint density at radius 1 is 0.880 bits per heavy atom. The molecule has 0 fully saturated rings. The van der Waals surface area contributed by atoms with Crippen LogP contribution in [-0.2, 0) is 9.59 Å². The van der Waals surface area contributed by atoms with Gasteiger partial charge < -0.3 is 15.4 Å². The number of ether oxygens (including phenoxy) is 1. The molecule has 0 unspecified atom stereocenters. The molecular weight excluding hydrogens is 316 g/mol. The summed E-state index contributed by atoms with van der Waals surface area (Å²) in [5, 5.41) is 5.66. The maximum atomic E-state index is 12.2. The van der Waals surface area contributed by atoms with E-state index in [1.54, 1.807) is 19.1 Å². The molecule has 2 amide bonds. The van der Waals surface area contributed by atoms with Crippen LogP contribution in [0.5, 0.6) is 5.75 Å². The Hall–Kier alpha value is -2.82. The van der Waals surface area contributed by atoms with Crippen LogP contribution >= 0.6 is 0 Å². The number of rotatable bonds is 6. The third-order valence-corrected chi connectivity index (χ3v) is 3.96. The van der Waals surface area contributed by atoms with Crippen LogP contribution in [0.4, 0.5) is 11.4 Å². The number of carbonyl (C=O) groups excluding carboxylic acids is 2. The summed E-state index contributed by atoms with van der Waals surface area (Å²) in [6.45, 7) is 7.47. The summed E-state index contributed by atoms with van der Waals surface area (Å²) in [4.78, 5) is 23.8. The quantitative estimate of drug-likeness (QED) is 0.836. The molecule has 132 valence electrons. The smallest absolute Gasteiger partial charge is 0.262 e. The lowest BCUT2D eigenvalue weighted by Crippen LogP contribution is -2.21. The Morgan fingerprint density at radius 2 is 1.40 bits per heavy atom. The fourth-order valence-corrected chi connectivity index (χ4v) is 2.50. The minimum atomic E-state index is -0.246. The van der Waals surface area contributed by atoms with Gasteiger partial charge in [-0.2, -0.15) is 0 Å². The van der Waals surface area contributed by atoms with Gasteiger partial charge >= 0.3 is 0 Å². The highest BCUT2D eigenvalue weighted by molar-refractivity contribution is 5.96. The molecular formula is C20H24N2O3. The molecule has 5 nitrogen and oxygen atoms in total. The molecule has 0 saturated carbocycles. The van der Waals surface area contributed by atoms with E-state index in [1.165, 1.54) is 0 Å².